The quantitative estimate of drug-likeness (QED) is 0.675. The van der Waals surface area contributed by atoms with Gasteiger partial charge in [0.15, 0.2) is 5.78 Å². The van der Waals surface area contributed by atoms with Gasteiger partial charge in [-0.1, -0.05) is 12.8 Å². The molecule has 0 radical (unpaired) electrons. The van der Waals surface area contributed by atoms with E-state index >= 15 is 0 Å². The average Bonchev–Trinajstić information content (AvgIpc) is 2.55. The van der Waals surface area contributed by atoms with Crippen LogP contribution in [-0.4, -0.2) is 23.1 Å². The molecule has 2 atom stereocenters. The number of aliphatic hydroxyl groups is 1. The van der Waals surface area contributed by atoms with E-state index in [-0.39, 0.29) is 17.5 Å². The van der Waals surface area contributed by atoms with Crippen LogP contribution in [0.4, 0.5) is 4.39 Å². The van der Waals surface area contributed by atoms with Crippen molar-refractivity contribution < 1.29 is 19.0 Å². The lowest BCUT2D eigenvalue weighted by Gasteiger charge is -2.22. The van der Waals surface area contributed by atoms with Gasteiger partial charge >= 0.3 is 0 Å². The maximum Gasteiger partial charge on any atom is 0.162 e. The van der Waals surface area contributed by atoms with E-state index in [1.165, 1.54) is 19.1 Å². The Morgan fingerprint density at radius 3 is 2.74 bits per heavy atom. The second kappa shape index (κ2) is 6.15. The molecule has 0 amide bonds. The van der Waals surface area contributed by atoms with Crippen molar-refractivity contribution in [1.29, 1.82) is 0 Å². The molecule has 0 aliphatic heterocycles. The first-order valence-electron chi connectivity index (χ1n) is 6.73. The fourth-order valence-corrected chi connectivity index (χ4v) is 2.42. The number of hydrogen-bond donors (Lipinski definition) is 1. The third kappa shape index (κ3) is 3.53. The minimum absolute atomic E-state index is 0.0637. The van der Waals surface area contributed by atoms with E-state index in [0.717, 1.165) is 32.1 Å². The molecule has 2 unspecified atom stereocenters. The van der Waals surface area contributed by atoms with Crippen LogP contribution in [0.2, 0.25) is 0 Å². The topological polar surface area (TPSA) is 46.5 Å². The van der Waals surface area contributed by atoms with Crippen molar-refractivity contribution in [2.24, 2.45) is 0 Å². The van der Waals surface area contributed by atoms with Crippen LogP contribution in [0.3, 0.4) is 0 Å². The van der Waals surface area contributed by atoms with Crippen molar-refractivity contribution in [1.82, 2.24) is 0 Å². The van der Waals surface area contributed by atoms with Crippen LogP contribution < -0.4 is 4.74 Å². The van der Waals surface area contributed by atoms with E-state index < -0.39 is 11.9 Å². The molecule has 1 aromatic carbocycles. The Balaban J connectivity index is 2.10. The standard InChI is InChI=1S/C15H19FO3/c1-10(17)12-8-7-11(9-13(12)16)19-15-6-4-2-3-5-14(15)18/h7-9,14-15,18H,2-6H2,1H3. The number of rotatable bonds is 3. The monoisotopic (exact) mass is 266 g/mol. The van der Waals surface area contributed by atoms with Gasteiger partial charge in [0.05, 0.1) is 11.7 Å². The molecule has 0 spiro atoms. The summed E-state index contributed by atoms with van der Waals surface area (Å²) in [7, 11) is 0. The smallest absolute Gasteiger partial charge is 0.162 e. The van der Waals surface area contributed by atoms with Crippen LogP contribution in [-0.2, 0) is 0 Å². The Kier molecular flexibility index (Phi) is 4.53. The van der Waals surface area contributed by atoms with Gasteiger partial charge in [-0.2, -0.15) is 0 Å². The number of hydrogen-bond acceptors (Lipinski definition) is 3. The molecule has 1 N–H and O–H groups in total. The predicted octanol–water partition coefficient (Wildman–Crippen LogP) is 3.10. The van der Waals surface area contributed by atoms with Gasteiger partial charge in [0, 0.05) is 6.07 Å². The summed E-state index contributed by atoms with van der Waals surface area (Å²) in [6.45, 7) is 1.33. The second-order valence-electron chi connectivity index (χ2n) is 5.06. The summed E-state index contributed by atoms with van der Waals surface area (Å²) in [6.07, 6.45) is 3.81. The summed E-state index contributed by atoms with van der Waals surface area (Å²) in [5, 5.41) is 9.95. The first kappa shape index (κ1) is 14.0. The van der Waals surface area contributed by atoms with E-state index in [9.17, 15) is 14.3 Å². The highest BCUT2D eigenvalue weighted by Crippen LogP contribution is 2.24. The molecule has 1 aliphatic carbocycles. The highest BCUT2D eigenvalue weighted by atomic mass is 19.1. The minimum Gasteiger partial charge on any atom is -0.488 e. The van der Waals surface area contributed by atoms with Crippen molar-refractivity contribution >= 4 is 5.78 Å². The van der Waals surface area contributed by atoms with Crippen molar-refractivity contribution in [3.63, 3.8) is 0 Å². The number of ketones is 1. The third-order valence-electron chi connectivity index (χ3n) is 3.52. The average molecular weight is 266 g/mol. The van der Waals surface area contributed by atoms with Gasteiger partial charge in [0.25, 0.3) is 0 Å². The first-order chi connectivity index (χ1) is 9.08. The zero-order chi connectivity index (χ0) is 13.8. The molecule has 0 heterocycles. The molecular weight excluding hydrogens is 247 g/mol. The zero-order valence-corrected chi connectivity index (χ0v) is 11.1. The SMILES string of the molecule is CC(=O)c1ccc(OC2CCCCCC2O)cc1F. The normalized spacial score (nSPS) is 23.7. The lowest BCUT2D eigenvalue weighted by Crippen LogP contribution is -2.30. The van der Waals surface area contributed by atoms with Gasteiger partial charge < -0.3 is 9.84 Å². The highest BCUT2D eigenvalue weighted by molar-refractivity contribution is 5.94. The first-order valence-corrected chi connectivity index (χ1v) is 6.73. The van der Waals surface area contributed by atoms with E-state index in [4.69, 9.17) is 4.74 Å². The third-order valence-corrected chi connectivity index (χ3v) is 3.52. The zero-order valence-electron chi connectivity index (χ0n) is 11.1. The van der Waals surface area contributed by atoms with Crippen LogP contribution in [0.15, 0.2) is 18.2 Å². The molecule has 1 fully saturated rings. The van der Waals surface area contributed by atoms with E-state index in [1.54, 1.807) is 6.07 Å². The molecule has 1 aromatic rings. The Morgan fingerprint density at radius 2 is 2.05 bits per heavy atom. The molecule has 0 saturated heterocycles. The lowest BCUT2D eigenvalue weighted by molar-refractivity contribution is 0.0318. The molecule has 4 heteroatoms. The summed E-state index contributed by atoms with van der Waals surface area (Å²) in [6, 6.07) is 4.22. The second-order valence-corrected chi connectivity index (χ2v) is 5.06. The van der Waals surface area contributed by atoms with E-state index in [1.807, 2.05) is 0 Å². The maximum absolute atomic E-state index is 13.7. The van der Waals surface area contributed by atoms with Gasteiger partial charge in [-0.05, 0) is 38.3 Å². The molecule has 0 aromatic heterocycles. The Hall–Kier alpha value is -1.42. The minimum atomic E-state index is -0.576. The van der Waals surface area contributed by atoms with Crippen molar-refractivity contribution in [2.45, 2.75) is 51.2 Å². The van der Waals surface area contributed by atoms with Crippen LogP contribution in [0.5, 0.6) is 5.75 Å². The van der Waals surface area contributed by atoms with Gasteiger partial charge in [-0.3, -0.25) is 4.79 Å². The largest absolute Gasteiger partial charge is 0.488 e. The Morgan fingerprint density at radius 1 is 1.32 bits per heavy atom. The summed E-state index contributed by atoms with van der Waals surface area (Å²) >= 11 is 0. The number of ether oxygens (including phenoxy) is 1. The summed E-state index contributed by atoms with van der Waals surface area (Å²) < 4.78 is 19.3. The van der Waals surface area contributed by atoms with Gasteiger partial charge in [0.2, 0.25) is 0 Å². The number of Topliss-reactive ketones (excluding diaryl/α,β-unsaturated/α-hetero) is 1. The van der Waals surface area contributed by atoms with Gasteiger partial charge in [-0.15, -0.1) is 0 Å². The van der Waals surface area contributed by atoms with Gasteiger partial charge in [-0.25, -0.2) is 4.39 Å². The van der Waals surface area contributed by atoms with Gasteiger partial charge in [0.1, 0.15) is 17.7 Å². The van der Waals surface area contributed by atoms with Crippen molar-refractivity contribution in [2.75, 3.05) is 0 Å². The highest BCUT2D eigenvalue weighted by Gasteiger charge is 2.23. The molecule has 19 heavy (non-hydrogen) atoms. The summed E-state index contributed by atoms with van der Waals surface area (Å²) in [4.78, 5) is 11.1. The number of aliphatic hydroxyl groups excluding tert-OH is 1. The molecule has 104 valence electrons. The molecule has 1 saturated carbocycles. The lowest BCUT2D eigenvalue weighted by atomic mass is 10.1. The van der Waals surface area contributed by atoms with Crippen LogP contribution in [0.25, 0.3) is 0 Å². The molecular formula is C15H19FO3. The number of carbonyl (C=O) groups is 1. The van der Waals surface area contributed by atoms with E-state index in [2.05, 4.69) is 0 Å². The van der Waals surface area contributed by atoms with Crippen molar-refractivity contribution in [3.05, 3.63) is 29.6 Å². The Labute approximate surface area is 112 Å². The number of halogens is 1. The summed E-state index contributed by atoms with van der Waals surface area (Å²) in [5.74, 6) is -0.514. The van der Waals surface area contributed by atoms with Crippen LogP contribution in [0.1, 0.15) is 49.4 Å². The fourth-order valence-electron chi connectivity index (χ4n) is 2.42. The van der Waals surface area contributed by atoms with Crippen molar-refractivity contribution in [3.8, 4) is 5.75 Å². The molecule has 1 aliphatic rings. The Bertz CT molecular complexity index is 459. The number of benzene rings is 1. The predicted molar refractivity (Wildman–Crippen MR) is 69.9 cm³/mol. The summed E-state index contributed by atoms with van der Waals surface area (Å²) in [5.41, 5.74) is 0.0637. The maximum atomic E-state index is 13.7. The molecule has 0 bridgehead atoms. The molecule has 3 nitrogen and oxygen atoms in total. The van der Waals surface area contributed by atoms with Crippen LogP contribution in [0, 0.1) is 5.82 Å². The van der Waals surface area contributed by atoms with Crippen LogP contribution >= 0.6 is 0 Å². The molecule has 2 rings (SSSR count). The van der Waals surface area contributed by atoms with E-state index in [0.29, 0.717) is 5.75 Å². The fraction of sp³-hybridized carbons (Fsp3) is 0.533. The number of carbonyl (C=O) groups excluding carboxylic acids is 1.